The van der Waals surface area contributed by atoms with Gasteiger partial charge in [-0.2, -0.15) is 0 Å². The Morgan fingerprint density at radius 2 is 1.23 bits per heavy atom. The Bertz CT molecular complexity index is 66.5. The van der Waals surface area contributed by atoms with E-state index in [0.29, 0.717) is 0 Å². The minimum absolute atomic E-state index is 0.250. The van der Waals surface area contributed by atoms with Crippen LogP contribution in [-0.2, 0) is 0 Å². The van der Waals surface area contributed by atoms with Crippen LogP contribution < -0.4 is 0 Å². The Morgan fingerprint density at radius 1 is 0.846 bits per heavy atom. The second kappa shape index (κ2) is 14.4. The predicted molar refractivity (Wildman–Crippen MR) is 57.8 cm³/mol. The Hall–Kier alpha value is -0.0800. The van der Waals surface area contributed by atoms with Crippen molar-refractivity contribution in [2.24, 2.45) is 5.92 Å². The van der Waals surface area contributed by atoms with Crippen LogP contribution in [0.25, 0.3) is 0 Å². The van der Waals surface area contributed by atoms with Crippen LogP contribution in [-0.4, -0.2) is 23.4 Å². The van der Waals surface area contributed by atoms with Crippen molar-refractivity contribution in [2.75, 3.05) is 13.2 Å². The molecule has 0 atom stereocenters. The van der Waals surface area contributed by atoms with E-state index in [1.54, 1.807) is 0 Å². The Labute approximate surface area is 83.0 Å². The van der Waals surface area contributed by atoms with E-state index >= 15 is 0 Å². The number of rotatable bonds is 6. The third-order valence-electron chi connectivity index (χ3n) is 2.21. The van der Waals surface area contributed by atoms with Crippen LogP contribution in [0.15, 0.2) is 0 Å². The van der Waals surface area contributed by atoms with Gasteiger partial charge in [0.1, 0.15) is 0 Å². The zero-order valence-electron chi connectivity index (χ0n) is 9.42. The second-order valence-corrected chi connectivity index (χ2v) is 3.43. The van der Waals surface area contributed by atoms with Crippen LogP contribution in [0.1, 0.15) is 52.9 Å². The van der Waals surface area contributed by atoms with Crippen molar-refractivity contribution in [3.05, 3.63) is 0 Å². The van der Waals surface area contributed by atoms with Crippen molar-refractivity contribution >= 4 is 0 Å². The molecular weight excluding hydrogens is 164 g/mol. The molecule has 0 aromatic heterocycles. The molecule has 0 unspecified atom stereocenters. The van der Waals surface area contributed by atoms with E-state index in [-0.39, 0.29) is 13.2 Å². The summed E-state index contributed by atoms with van der Waals surface area (Å²) in [4.78, 5) is 0. The lowest BCUT2D eigenvalue weighted by Gasteiger charge is -1.98. The summed E-state index contributed by atoms with van der Waals surface area (Å²) in [6.45, 7) is 7.24. The fourth-order valence-corrected chi connectivity index (χ4v) is 0.689. The molecule has 0 fully saturated rings. The predicted octanol–water partition coefficient (Wildman–Crippen LogP) is 2.58. The zero-order valence-corrected chi connectivity index (χ0v) is 9.42. The van der Waals surface area contributed by atoms with E-state index in [9.17, 15) is 0 Å². The molecule has 0 amide bonds. The van der Waals surface area contributed by atoms with Crippen LogP contribution in [0.4, 0.5) is 0 Å². The molecule has 82 valence electrons. The van der Waals surface area contributed by atoms with Gasteiger partial charge in [0.2, 0.25) is 0 Å². The maximum absolute atomic E-state index is 8.21. The van der Waals surface area contributed by atoms with Gasteiger partial charge in [0, 0.05) is 13.2 Å². The van der Waals surface area contributed by atoms with Gasteiger partial charge in [-0.05, 0) is 25.2 Å². The molecule has 2 nitrogen and oxygen atoms in total. The molecule has 0 radical (unpaired) electrons. The van der Waals surface area contributed by atoms with Gasteiger partial charge in [-0.15, -0.1) is 0 Å². The summed E-state index contributed by atoms with van der Waals surface area (Å²) in [6, 6.07) is 0. The molecule has 0 spiro atoms. The number of hydrogen-bond donors (Lipinski definition) is 2. The highest BCUT2D eigenvalue weighted by Crippen LogP contribution is 2.02. The maximum Gasteiger partial charge on any atom is 0.0431 e. The summed E-state index contributed by atoms with van der Waals surface area (Å²) in [6.07, 6.45) is 5.24. The molecule has 0 aliphatic carbocycles. The first-order chi connectivity index (χ1) is 6.22. The van der Waals surface area contributed by atoms with Crippen LogP contribution >= 0.6 is 0 Å². The van der Waals surface area contributed by atoms with E-state index in [4.69, 9.17) is 10.2 Å². The van der Waals surface area contributed by atoms with Gasteiger partial charge in [0.15, 0.2) is 0 Å². The van der Waals surface area contributed by atoms with E-state index in [2.05, 4.69) is 20.8 Å². The van der Waals surface area contributed by atoms with Gasteiger partial charge in [0.05, 0.1) is 0 Å². The number of unbranched alkanes of at least 4 members (excludes halogenated alkanes) is 2. The summed E-state index contributed by atoms with van der Waals surface area (Å²) >= 11 is 0. The minimum Gasteiger partial charge on any atom is -0.396 e. The summed E-state index contributed by atoms with van der Waals surface area (Å²) in [5.74, 6) is 0.935. The summed E-state index contributed by atoms with van der Waals surface area (Å²) in [5.41, 5.74) is 0. The average molecular weight is 190 g/mol. The maximum atomic E-state index is 8.21. The molecule has 0 aromatic rings. The van der Waals surface area contributed by atoms with E-state index < -0.39 is 0 Å². The molecule has 0 aromatic carbocycles. The molecule has 13 heavy (non-hydrogen) atoms. The quantitative estimate of drug-likeness (QED) is 0.632. The first-order valence-corrected chi connectivity index (χ1v) is 5.44. The summed E-state index contributed by atoms with van der Waals surface area (Å²) in [7, 11) is 0. The summed E-state index contributed by atoms with van der Waals surface area (Å²) in [5, 5.41) is 16.4. The standard InChI is InChI=1S/C6H14.C5H12O2/c1-4-6(3)5-2;6-4-2-1-3-5-7/h6H,4-5H2,1-3H3;6-7H,1-5H2. The Kier molecular flexibility index (Phi) is 17.1. The largest absolute Gasteiger partial charge is 0.396 e. The molecular formula is C11H26O2. The highest BCUT2D eigenvalue weighted by molar-refractivity contribution is 4.41. The van der Waals surface area contributed by atoms with Crippen molar-refractivity contribution in [3.8, 4) is 0 Å². The molecule has 0 saturated heterocycles. The number of aliphatic hydroxyl groups is 2. The highest BCUT2D eigenvalue weighted by Gasteiger charge is 1.88. The molecule has 0 heterocycles. The Balaban J connectivity index is 0. The van der Waals surface area contributed by atoms with Gasteiger partial charge in [-0.1, -0.05) is 33.6 Å². The molecule has 2 heteroatoms. The average Bonchev–Trinajstić information content (AvgIpc) is 2.18. The number of hydrogen-bond acceptors (Lipinski definition) is 2. The lowest BCUT2D eigenvalue weighted by Crippen LogP contribution is -1.85. The van der Waals surface area contributed by atoms with E-state index in [1.807, 2.05) is 0 Å². The van der Waals surface area contributed by atoms with Gasteiger partial charge < -0.3 is 10.2 Å². The number of aliphatic hydroxyl groups excluding tert-OH is 2. The van der Waals surface area contributed by atoms with Gasteiger partial charge >= 0.3 is 0 Å². The summed E-state index contributed by atoms with van der Waals surface area (Å²) < 4.78 is 0. The first kappa shape index (κ1) is 15.4. The van der Waals surface area contributed by atoms with Gasteiger partial charge in [0.25, 0.3) is 0 Å². The van der Waals surface area contributed by atoms with Crippen LogP contribution in [0.5, 0.6) is 0 Å². The van der Waals surface area contributed by atoms with Crippen molar-refractivity contribution < 1.29 is 10.2 Å². The lowest BCUT2D eigenvalue weighted by molar-refractivity contribution is 0.257. The van der Waals surface area contributed by atoms with Gasteiger partial charge in [-0.25, -0.2) is 0 Å². The smallest absolute Gasteiger partial charge is 0.0431 e. The molecule has 2 N–H and O–H groups in total. The van der Waals surface area contributed by atoms with Crippen molar-refractivity contribution in [1.29, 1.82) is 0 Å². The Morgan fingerprint density at radius 3 is 1.38 bits per heavy atom. The second-order valence-electron chi connectivity index (χ2n) is 3.43. The molecule has 0 saturated carbocycles. The van der Waals surface area contributed by atoms with Crippen molar-refractivity contribution in [3.63, 3.8) is 0 Å². The van der Waals surface area contributed by atoms with Crippen LogP contribution in [0.2, 0.25) is 0 Å². The molecule has 0 bridgehead atoms. The SMILES string of the molecule is CCC(C)CC.OCCCCCO. The molecule has 0 aliphatic rings. The van der Waals surface area contributed by atoms with Crippen molar-refractivity contribution in [2.45, 2.75) is 52.9 Å². The zero-order chi connectivity index (χ0) is 10.5. The molecule has 0 rings (SSSR count). The normalized spacial score (nSPS) is 9.69. The third kappa shape index (κ3) is 18.7. The van der Waals surface area contributed by atoms with E-state index in [1.165, 1.54) is 12.8 Å². The third-order valence-corrected chi connectivity index (χ3v) is 2.21. The highest BCUT2D eigenvalue weighted by atomic mass is 16.3. The van der Waals surface area contributed by atoms with E-state index in [0.717, 1.165) is 25.2 Å². The first-order valence-electron chi connectivity index (χ1n) is 5.44. The van der Waals surface area contributed by atoms with Crippen LogP contribution in [0, 0.1) is 5.92 Å². The van der Waals surface area contributed by atoms with Gasteiger partial charge in [-0.3, -0.25) is 0 Å². The molecule has 0 aliphatic heterocycles. The topological polar surface area (TPSA) is 40.5 Å². The monoisotopic (exact) mass is 190 g/mol. The minimum atomic E-state index is 0.250. The fraction of sp³-hybridized carbons (Fsp3) is 1.00. The fourth-order valence-electron chi connectivity index (χ4n) is 0.689. The lowest BCUT2D eigenvalue weighted by atomic mass is 10.1. The van der Waals surface area contributed by atoms with Crippen LogP contribution in [0.3, 0.4) is 0 Å². The van der Waals surface area contributed by atoms with Crippen molar-refractivity contribution in [1.82, 2.24) is 0 Å².